The molecule has 0 unspecified atom stereocenters. The lowest BCUT2D eigenvalue weighted by molar-refractivity contribution is -0.134. The maximum atomic E-state index is 11.6. The van der Waals surface area contributed by atoms with Gasteiger partial charge in [-0.1, -0.05) is 19.1 Å². The SMILES string of the molecule is CCCC(=O)Oc1cccc(Nc2nc(-c3ccccn3)cs2)c1. The van der Waals surface area contributed by atoms with Gasteiger partial charge in [-0.05, 0) is 30.7 Å². The van der Waals surface area contributed by atoms with E-state index in [1.165, 1.54) is 11.3 Å². The molecule has 1 N–H and O–H groups in total. The number of carbonyl (C=O) groups is 1. The molecule has 3 rings (SSSR count). The summed E-state index contributed by atoms with van der Waals surface area (Å²) in [5.41, 5.74) is 2.48. The van der Waals surface area contributed by atoms with Crippen molar-refractivity contribution in [2.24, 2.45) is 0 Å². The lowest BCUT2D eigenvalue weighted by Gasteiger charge is -2.06. The number of hydrogen-bond donors (Lipinski definition) is 1. The summed E-state index contributed by atoms with van der Waals surface area (Å²) in [6, 6.07) is 13.0. The first-order valence-electron chi connectivity index (χ1n) is 7.69. The molecule has 0 atom stereocenters. The van der Waals surface area contributed by atoms with E-state index < -0.39 is 0 Å². The molecule has 5 nitrogen and oxygen atoms in total. The van der Waals surface area contributed by atoms with Gasteiger partial charge in [-0.3, -0.25) is 9.78 Å². The molecule has 6 heteroatoms. The molecule has 0 aliphatic heterocycles. The first-order valence-corrected chi connectivity index (χ1v) is 8.57. The minimum Gasteiger partial charge on any atom is -0.426 e. The highest BCUT2D eigenvalue weighted by atomic mass is 32.1. The lowest BCUT2D eigenvalue weighted by atomic mass is 10.3. The zero-order valence-corrected chi connectivity index (χ0v) is 14.0. The predicted molar refractivity (Wildman–Crippen MR) is 95.6 cm³/mol. The van der Waals surface area contributed by atoms with Crippen LogP contribution in [0.3, 0.4) is 0 Å². The minimum atomic E-state index is -0.221. The van der Waals surface area contributed by atoms with Crippen LogP contribution in [0.2, 0.25) is 0 Å². The Hall–Kier alpha value is -2.73. The average Bonchev–Trinajstić information content (AvgIpc) is 3.05. The summed E-state index contributed by atoms with van der Waals surface area (Å²) in [4.78, 5) is 20.4. The Morgan fingerprint density at radius 1 is 1.21 bits per heavy atom. The van der Waals surface area contributed by atoms with Gasteiger partial charge in [0.05, 0.1) is 5.69 Å². The fraction of sp³-hybridized carbons (Fsp3) is 0.167. The van der Waals surface area contributed by atoms with Crippen LogP contribution in [0.25, 0.3) is 11.4 Å². The van der Waals surface area contributed by atoms with Crippen LogP contribution in [0.1, 0.15) is 19.8 Å². The molecule has 122 valence electrons. The summed E-state index contributed by atoms with van der Waals surface area (Å²) < 4.78 is 5.30. The van der Waals surface area contributed by atoms with Gasteiger partial charge in [-0.25, -0.2) is 4.98 Å². The van der Waals surface area contributed by atoms with Crippen LogP contribution in [0.4, 0.5) is 10.8 Å². The zero-order chi connectivity index (χ0) is 16.8. The second-order valence-corrected chi connectivity index (χ2v) is 5.99. The Labute approximate surface area is 144 Å². The molecule has 0 spiro atoms. The first-order chi connectivity index (χ1) is 11.7. The highest BCUT2D eigenvalue weighted by Crippen LogP contribution is 2.27. The number of ether oxygens (including phenoxy) is 1. The third-order valence-electron chi connectivity index (χ3n) is 3.20. The number of nitrogens with zero attached hydrogens (tertiary/aromatic N) is 2. The number of anilines is 2. The number of esters is 1. The van der Waals surface area contributed by atoms with E-state index >= 15 is 0 Å². The smallest absolute Gasteiger partial charge is 0.311 e. The second-order valence-electron chi connectivity index (χ2n) is 5.13. The molecule has 2 heterocycles. The summed E-state index contributed by atoms with van der Waals surface area (Å²) in [6.07, 6.45) is 2.93. The van der Waals surface area contributed by atoms with E-state index in [0.29, 0.717) is 12.2 Å². The minimum absolute atomic E-state index is 0.221. The van der Waals surface area contributed by atoms with Gasteiger partial charge in [0, 0.05) is 29.8 Å². The van der Waals surface area contributed by atoms with E-state index in [1.807, 2.05) is 42.6 Å². The highest BCUT2D eigenvalue weighted by molar-refractivity contribution is 7.14. The highest BCUT2D eigenvalue weighted by Gasteiger charge is 2.07. The Morgan fingerprint density at radius 2 is 2.12 bits per heavy atom. The van der Waals surface area contributed by atoms with E-state index in [4.69, 9.17) is 4.74 Å². The first kappa shape index (κ1) is 16.1. The molecule has 1 aromatic carbocycles. The number of thiazole rings is 1. The molecule has 0 radical (unpaired) electrons. The van der Waals surface area contributed by atoms with E-state index in [9.17, 15) is 4.79 Å². The topological polar surface area (TPSA) is 64.1 Å². The fourth-order valence-corrected chi connectivity index (χ4v) is 2.84. The summed E-state index contributed by atoms with van der Waals surface area (Å²) in [5, 5.41) is 5.94. The summed E-state index contributed by atoms with van der Waals surface area (Å²) >= 11 is 1.50. The monoisotopic (exact) mass is 339 g/mol. The number of aromatic nitrogens is 2. The third-order valence-corrected chi connectivity index (χ3v) is 3.96. The molecular formula is C18H17N3O2S. The van der Waals surface area contributed by atoms with Gasteiger partial charge < -0.3 is 10.1 Å². The van der Waals surface area contributed by atoms with Crippen molar-refractivity contribution in [2.75, 3.05) is 5.32 Å². The van der Waals surface area contributed by atoms with E-state index in [-0.39, 0.29) is 5.97 Å². The maximum Gasteiger partial charge on any atom is 0.311 e. The van der Waals surface area contributed by atoms with Gasteiger partial charge in [0.15, 0.2) is 5.13 Å². The van der Waals surface area contributed by atoms with Crippen molar-refractivity contribution >= 4 is 28.1 Å². The number of pyridine rings is 1. The molecule has 0 aliphatic carbocycles. The largest absolute Gasteiger partial charge is 0.426 e. The molecule has 0 saturated carbocycles. The number of carbonyl (C=O) groups excluding carboxylic acids is 1. The molecule has 2 aromatic heterocycles. The average molecular weight is 339 g/mol. The number of hydrogen-bond acceptors (Lipinski definition) is 6. The molecule has 24 heavy (non-hydrogen) atoms. The predicted octanol–water partition coefficient (Wildman–Crippen LogP) is 4.65. The van der Waals surface area contributed by atoms with Gasteiger partial charge >= 0.3 is 5.97 Å². The lowest BCUT2D eigenvalue weighted by Crippen LogP contribution is -2.06. The fourth-order valence-electron chi connectivity index (χ4n) is 2.11. The van der Waals surface area contributed by atoms with Gasteiger partial charge in [0.2, 0.25) is 0 Å². The molecule has 3 aromatic rings. The number of nitrogens with one attached hydrogen (secondary N) is 1. The van der Waals surface area contributed by atoms with Gasteiger partial charge in [-0.2, -0.15) is 0 Å². The van der Waals surface area contributed by atoms with E-state index in [2.05, 4.69) is 15.3 Å². The van der Waals surface area contributed by atoms with Crippen molar-refractivity contribution in [1.82, 2.24) is 9.97 Å². The Morgan fingerprint density at radius 3 is 2.92 bits per heavy atom. The van der Waals surface area contributed by atoms with Gasteiger partial charge in [-0.15, -0.1) is 11.3 Å². The van der Waals surface area contributed by atoms with Crippen molar-refractivity contribution in [1.29, 1.82) is 0 Å². The Bertz CT molecular complexity index is 818. The number of benzene rings is 1. The van der Waals surface area contributed by atoms with Crippen molar-refractivity contribution < 1.29 is 9.53 Å². The second kappa shape index (κ2) is 7.70. The molecule has 0 aliphatic rings. The van der Waals surface area contributed by atoms with Crippen molar-refractivity contribution in [3.63, 3.8) is 0 Å². The normalized spacial score (nSPS) is 10.4. The van der Waals surface area contributed by atoms with Gasteiger partial charge in [0.1, 0.15) is 11.4 Å². The van der Waals surface area contributed by atoms with Crippen LogP contribution >= 0.6 is 11.3 Å². The van der Waals surface area contributed by atoms with E-state index in [1.54, 1.807) is 18.3 Å². The zero-order valence-electron chi connectivity index (χ0n) is 13.2. The van der Waals surface area contributed by atoms with Crippen molar-refractivity contribution in [3.05, 3.63) is 54.0 Å². The Balaban J connectivity index is 1.70. The summed E-state index contributed by atoms with van der Waals surface area (Å²) in [5.74, 6) is 0.307. The van der Waals surface area contributed by atoms with Crippen LogP contribution in [0, 0.1) is 0 Å². The van der Waals surface area contributed by atoms with Crippen LogP contribution in [-0.2, 0) is 4.79 Å². The maximum absolute atomic E-state index is 11.6. The molecular weight excluding hydrogens is 322 g/mol. The standard InChI is InChI=1S/C18H17N3O2S/c1-2-6-17(22)23-14-8-5-7-13(11-14)20-18-21-16(12-24-18)15-9-3-4-10-19-15/h3-5,7-12H,2,6H2,1H3,(H,20,21). The third kappa shape index (κ3) is 4.17. The van der Waals surface area contributed by atoms with Crippen LogP contribution in [0.5, 0.6) is 5.75 Å². The van der Waals surface area contributed by atoms with E-state index in [0.717, 1.165) is 28.6 Å². The van der Waals surface area contributed by atoms with Crippen LogP contribution in [0.15, 0.2) is 54.0 Å². The summed E-state index contributed by atoms with van der Waals surface area (Å²) in [6.45, 7) is 1.95. The molecule has 0 bridgehead atoms. The molecule has 0 saturated heterocycles. The number of rotatable bonds is 6. The van der Waals surface area contributed by atoms with Gasteiger partial charge in [0.25, 0.3) is 0 Å². The van der Waals surface area contributed by atoms with Crippen molar-refractivity contribution in [3.8, 4) is 17.1 Å². The Kier molecular flexibility index (Phi) is 5.18. The quantitative estimate of drug-likeness (QED) is 0.523. The van der Waals surface area contributed by atoms with Crippen LogP contribution in [-0.4, -0.2) is 15.9 Å². The molecule has 0 amide bonds. The van der Waals surface area contributed by atoms with Crippen LogP contribution < -0.4 is 10.1 Å². The molecule has 0 fully saturated rings. The van der Waals surface area contributed by atoms with Crippen molar-refractivity contribution in [2.45, 2.75) is 19.8 Å². The summed E-state index contributed by atoms with van der Waals surface area (Å²) in [7, 11) is 0.